The molecular weight excluding hydrogens is 467 g/mol. The summed E-state index contributed by atoms with van der Waals surface area (Å²) in [4.78, 5) is 27.4. The molecule has 1 N–H and O–H groups in total. The van der Waals surface area contributed by atoms with Gasteiger partial charge in [0.05, 0.1) is 0 Å². The molecule has 0 aliphatic carbocycles. The lowest BCUT2D eigenvalue weighted by atomic mass is 9.84. The molecule has 0 saturated carbocycles. The highest BCUT2D eigenvalue weighted by molar-refractivity contribution is 6.30. The summed E-state index contributed by atoms with van der Waals surface area (Å²) in [7, 11) is 0. The van der Waals surface area contributed by atoms with Crippen molar-refractivity contribution < 1.29 is 18.7 Å². The highest BCUT2D eigenvalue weighted by Crippen LogP contribution is 2.37. The number of hydrogen-bond donors (Lipinski definition) is 1. The van der Waals surface area contributed by atoms with Crippen LogP contribution in [-0.2, 0) is 28.1 Å². The van der Waals surface area contributed by atoms with Crippen LogP contribution in [0.15, 0.2) is 78.9 Å². The van der Waals surface area contributed by atoms with Crippen LogP contribution >= 0.6 is 11.6 Å². The maximum atomic E-state index is 13.1. The first-order chi connectivity index (χ1) is 16.9. The van der Waals surface area contributed by atoms with Crippen molar-refractivity contribution in [2.75, 3.05) is 13.1 Å². The number of carbonyl (C=O) groups excluding carboxylic acids is 2. The van der Waals surface area contributed by atoms with Crippen molar-refractivity contribution in [2.24, 2.45) is 0 Å². The van der Waals surface area contributed by atoms with Gasteiger partial charge in [0.25, 0.3) is 0 Å². The van der Waals surface area contributed by atoms with Crippen LogP contribution in [0, 0.1) is 5.82 Å². The minimum absolute atomic E-state index is 0.0446. The van der Waals surface area contributed by atoms with Crippen molar-refractivity contribution in [1.29, 1.82) is 0 Å². The molecule has 0 unspecified atom stereocenters. The van der Waals surface area contributed by atoms with E-state index in [2.05, 4.69) is 5.32 Å². The molecule has 1 fully saturated rings. The molecule has 3 aromatic carbocycles. The second-order valence-corrected chi connectivity index (χ2v) is 9.17. The van der Waals surface area contributed by atoms with Gasteiger partial charge >= 0.3 is 6.09 Å². The van der Waals surface area contributed by atoms with E-state index in [-0.39, 0.29) is 11.7 Å². The van der Waals surface area contributed by atoms with Gasteiger partial charge in [-0.2, -0.15) is 0 Å². The third-order valence-electron chi connectivity index (χ3n) is 6.40. The summed E-state index contributed by atoms with van der Waals surface area (Å²) in [6, 6.07) is 23.2. The maximum absolute atomic E-state index is 13.1. The van der Waals surface area contributed by atoms with Crippen molar-refractivity contribution in [3.63, 3.8) is 0 Å². The van der Waals surface area contributed by atoms with Crippen LogP contribution in [0.5, 0.6) is 0 Å². The predicted molar refractivity (Wildman–Crippen MR) is 133 cm³/mol. The van der Waals surface area contributed by atoms with Crippen LogP contribution < -0.4 is 5.32 Å². The summed E-state index contributed by atoms with van der Waals surface area (Å²) in [5, 5.41) is 3.46. The SMILES string of the molecule is O=C(NCc1ccc(Cl)cc1)OC1(c2ccccc2)CCN(C(=O)CCc2ccc(F)cc2)CC1. The van der Waals surface area contributed by atoms with Crippen LogP contribution in [-0.4, -0.2) is 30.0 Å². The molecule has 35 heavy (non-hydrogen) atoms. The van der Waals surface area contributed by atoms with Gasteiger partial charge in [0, 0.05) is 43.9 Å². The highest BCUT2D eigenvalue weighted by Gasteiger charge is 2.40. The zero-order valence-electron chi connectivity index (χ0n) is 19.4. The fraction of sp³-hybridized carbons (Fsp3) is 0.286. The van der Waals surface area contributed by atoms with Gasteiger partial charge in [0.15, 0.2) is 0 Å². The summed E-state index contributed by atoms with van der Waals surface area (Å²) in [6.07, 6.45) is 1.43. The fourth-order valence-corrected chi connectivity index (χ4v) is 4.49. The molecule has 7 heteroatoms. The first-order valence-electron chi connectivity index (χ1n) is 11.7. The summed E-state index contributed by atoms with van der Waals surface area (Å²) in [5.41, 5.74) is 1.96. The Labute approximate surface area is 209 Å². The lowest BCUT2D eigenvalue weighted by molar-refractivity contribution is -0.135. The van der Waals surface area contributed by atoms with Crippen LogP contribution in [0.1, 0.15) is 36.0 Å². The monoisotopic (exact) mass is 494 g/mol. The van der Waals surface area contributed by atoms with Gasteiger partial charge in [-0.1, -0.05) is 66.2 Å². The largest absolute Gasteiger partial charge is 0.438 e. The Hall–Kier alpha value is -3.38. The number of hydrogen-bond acceptors (Lipinski definition) is 3. The quantitative estimate of drug-likeness (QED) is 0.448. The van der Waals surface area contributed by atoms with Crippen molar-refractivity contribution >= 4 is 23.6 Å². The van der Waals surface area contributed by atoms with Crippen molar-refractivity contribution in [2.45, 2.75) is 37.8 Å². The molecule has 0 bridgehead atoms. The predicted octanol–water partition coefficient (Wildman–Crippen LogP) is 5.86. The van der Waals surface area contributed by atoms with Gasteiger partial charge in [0.1, 0.15) is 11.4 Å². The summed E-state index contributed by atoms with van der Waals surface area (Å²) >= 11 is 5.93. The standard InChI is InChI=1S/C28H28ClFN2O3/c29-24-11-6-22(7-12-24)20-31-27(34)35-28(23-4-2-1-3-5-23)16-18-32(19-17-28)26(33)15-10-21-8-13-25(30)14-9-21/h1-9,11-14H,10,15-20H2,(H,31,34). The van der Waals surface area contributed by atoms with E-state index in [0.717, 1.165) is 16.7 Å². The van der Waals surface area contributed by atoms with Gasteiger partial charge in [-0.05, 0) is 47.4 Å². The summed E-state index contributed by atoms with van der Waals surface area (Å²) in [5.74, 6) is -0.242. The number of nitrogens with zero attached hydrogens (tertiary/aromatic N) is 1. The number of carbonyl (C=O) groups is 2. The molecule has 0 radical (unpaired) electrons. The molecule has 0 atom stereocenters. The Morgan fingerprint density at radius 3 is 2.20 bits per heavy atom. The van der Waals surface area contributed by atoms with Gasteiger partial charge in [-0.25, -0.2) is 9.18 Å². The van der Waals surface area contributed by atoms with Gasteiger partial charge in [-0.15, -0.1) is 0 Å². The topological polar surface area (TPSA) is 58.6 Å². The molecule has 5 nitrogen and oxygen atoms in total. The van der Waals surface area contributed by atoms with E-state index in [0.29, 0.717) is 50.3 Å². The second kappa shape index (κ2) is 11.4. The van der Waals surface area contributed by atoms with Crippen LogP contribution in [0.4, 0.5) is 9.18 Å². The van der Waals surface area contributed by atoms with Crippen LogP contribution in [0.3, 0.4) is 0 Å². The van der Waals surface area contributed by atoms with E-state index in [1.165, 1.54) is 12.1 Å². The van der Waals surface area contributed by atoms with Crippen molar-refractivity contribution in [1.82, 2.24) is 10.2 Å². The number of piperidine rings is 1. The summed E-state index contributed by atoms with van der Waals surface area (Å²) in [6.45, 7) is 1.30. The maximum Gasteiger partial charge on any atom is 0.408 e. The second-order valence-electron chi connectivity index (χ2n) is 8.74. The summed E-state index contributed by atoms with van der Waals surface area (Å²) < 4.78 is 19.1. The number of aryl methyl sites for hydroxylation is 1. The van der Waals surface area contributed by atoms with E-state index in [9.17, 15) is 14.0 Å². The molecule has 2 amide bonds. The minimum atomic E-state index is -0.806. The molecule has 4 rings (SSSR count). The Kier molecular flexibility index (Phi) is 8.03. The van der Waals surface area contributed by atoms with Crippen molar-refractivity contribution in [3.05, 3.63) is 106 Å². The number of nitrogens with one attached hydrogen (secondary N) is 1. The molecule has 1 saturated heterocycles. The van der Waals surface area contributed by atoms with E-state index < -0.39 is 11.7 Å². The minimum Gasteiger partial charge on any atom is -0.438 e. The number of alkyl carbamates (subject to hydrolysis) is 1. The molecule has 3 aromatic rings. The van der Waals surface area contributed by atoms with E-state index in [1.807, 2.05) is 47.4 Å². The van der Waals surface area contributed by atoms with E-state index in [1.54, 1.807) is 24.3 Å². The zero-order valence-corrected chi connectivity index (χ0v) is 20.1. The molecule has 1 heterocycles. The van der Waals surface area contributed by atoms with Gasteiger partial charge in [0.2, 0.25) is 5.91 Å². The average molecular weight is 495 g/mol. The molecule has 0 spiro atoms. The Bertz CT molecular complexity index is 1130. The smallest absolute Gasteiger partial charge is 0.408 e. The Morgan fingerprint density at radius 2 is 1.54 bits per heavy atom. The van der Waals surface area contributed by atoms with Crippen LogP contribution in [0.25, 0.3) is 0 Å². The number of halogens is 2. The third-order valence-corrected chi connectivity index (χ3v) is 6.65. The van der Waals surface area contributed by atoms with Gasteiger partial charge < -0.3 is 15.0 Å². The Balaban J connectivity index is 1.36. The average Bonchev–Trinajstić information content (AvgIpc) is 2.89. The lowest BCUT2D eigenvalue weighted by Crippen LogP contribution is -2.48. The normalized spacial score (nSPS) is 14.9. The van der Waals surface area contributed by atoms with Crippen LogP contribution in [0.2, 0.25) is 5.02 Å². The molecule has 1 aliphatic heterocycles. The number of likely N-dealkylation sites (tertiary alicyclic amines) is 1. The Morgan fingerprint density at radius 1 is 0.914 bits per heavy atom. The first-order valence-corrected chi connectivity index (χ1v) is 12.1. The number of ether oxygens (including phenoxy) is 1. The fourth-order valence-electron chi connectivity index (χ4n) is 4.36. The molecule has 1 aliphatic rings. The van der Waals surface area contributed by atoms with Crippen molar-refractivity contribution in [3.8, 4) is 0 Å². The van der Waals surface area contributed by atoms with Gasteiger partial charge in [-0.3, -0.25) is 4.79 Å². The third kappa shape index (κ3) is 6.61. The molecule has 182 valence electrons. The number of rotatable bonds is 7. The van der Waals surface area contributed by atoms with E-state index in [4.69, 9.17) is 16.3 Å². The molecule has 0 aromatic heterocycles. The van der Waals surface area contributed by atoms with E-state index >= 15 is 0 Å². The first kappa shape index (κ1) is 24.7. The highest BCUT2D eigenvalue weighted by atomic mass is 35.5. The number of amides is 2. The zero-order chi connectivity index (χ0) is 24.7. The lowest BCUT2D eigenvalue weighted by Gasteiger charge is -2.41. The molecular formula is C28H28ClFN2O3. The number of benzene rings is 3.